The molecule has 0 radical (unpaired) electrons. The van der Waals surface area contributed by atoms with Crippen LogP contribution in [0.5, 0.6) is 0 Å². The van der Waals surface area contributed by atoms with Crippen LogP contribution in [0.1, 0.15) is 51.4 Å². The molecule has 18 heavy (non-hydrogen) atoms. The summed E-state index contributed by atoms with van der Waals surface area (Å²) in [6, 6.07) is 0.641. The van der Waals surface area contributed by atoms with Crippen LogP contribution < -0.4 is 5.32 Å². The van der Waals surface area contributed by atoms with Gasteiger partial charge in [-0.3, -0.25) is 0 Å². The van der Waals surface area contributed by atoms with Crippen LogP contribution in [0, 0.1) is 0 Å². The molecule has 0 aromatic rings. The molecule has 1 N–H and O–H groups in total. The van der Waals surface area contributed by atoms with Gasteiger partial charge in [-0.1, -0.05) is 19.3 Å². The topological polar surface area (TPSA) is 49.4 Å². The van der Waals surface area contributed by atoms with Crippen LogP contribution in [0.3, 0.4) is 0 Å². The van der Waals surface area contributed by atoms with Crippen molar-refractivity contribution < 1.29 is 8.42 Å². The Morgan fingerprint density at radius 1 is 1.00 bits per heavy atom. The Labute approximate surface area is 111 Å². The van der Waals surface area contributed by atoms with Crippen molar-refractivity contribution in [1.29, 1.82) is 0 Å². The number of nitrogens with one attached hydrogen (secondary N) is 1. The molecular weight excluding hydrogens is 248 g/mol. The first kappa shape index (κ1) is 14.3. The fourth-order valence-electron chi connectivity index (χ4n) is 2.96. The highest BCUT2D eigenvalue weighted by molar-refractivity contribution is 7.89. The molecule has 0 amide bonds. The summed E-state index contributed by atoms with van der Waals surface area (Å²) >= 11 is 0. The minimum absolute atomic E-state index is 0.312. The van der Waals surface area contributed by atoms with Gasteiger partial charge >= 0.3 is 0 Å². The highest BCUT2D eigenvalue weighted by Gasteiger charge is 2.23. The standard InChI is InChI=1S/C13H26N2O2S/c16-18(17,15-10-4-1-5-11-15)12-6-9-14-13-7-2-3-8-13/h13-14H,1-12H2. The maximum absolute atomic E-state index is 12.1. The minimum Gasteiger partial charge on any atom is -0.314 e. The van der Waals surface area contributed by atoms with Gasteiger partial charge in [0.1, 0.15) is 0 Å². The lowest BCUT2D eigenvalue weighted by Crippen LogP contribution is -2.38. The van der Waals surface area contributed by atoms with Crippen molar-refractivity contribution in [2.24, 2.45) is 0 Å². The van der Waals surface area contributed by atoms with Crippen molar-refractivity contribution >= 4 is 10.0 Å². The van der Waals surface area contributed by atoms with E-state index in [9.17, 15) is 8.42 Å². The summed E-state index contributed by atoms with van der Waals surface area (Å²) in [5, 5.41) is 3.47. The van der Waals surface area contributed by atoms with Crippen molar-refractivity contribution in [1.82, 2.24) is 9.62 Å². The average molecular weight is 274 g/mol. The molecular formula is C13H26N2O2S. The van der Waals surface area contributed by atoms with Gasteiger partial charge in [-0.15, -0.1) is 0 Å². The largest absolute Gasteiger partial charge is 0.314 e. The molecule has 1 aliphatic carbocycles. The van der Waals surface area contributed by atoms with Crippen molar-refractivity contribution in [2.75, 3.05) is 25.4 Å². The summed E-state index contributed by atoms with van der Waals surface area (Å²) in [6.07, 6.45) is 9.15. The third kappa shape index (κ3) is 4.21. The van der Waals surface area contributed by atoms with Gasteiger partial charge in [-0.25, -0.2) is 12.7 Å². The number of piperidine rings is 1. The third-order valence-corrected chi connectivity index (χ3v) is 6.03. The van der Waals surface area contributed by atoms with Crippen LogP contribution in [-0.2, 0) is 10.0 Å². The first-order chi connectivity index (χ1) is 8.68. The zero-order valence-corrected chi connectivity index (χ0v) is 12.1. The third-order valence-electron chi connectivity index (χ3n) is 4.08. The number of hydrogen-bond acceptors (Lipinski definition) is 3. The van der Waals surface area contributed by atoms with E-state index in [2.05, 4.69) is 5.32 Å². The SMILES string of the molecule is O=S(=O)(CCCNC1CCCC1)N1CCCCC1. The van der Waals surface area contributed by atoms with Gasteiger partial charge in [-0.2, -0.15) is 0 Å². The molecule has 0 bridgehead atoms. The van der Waals surface area contributed by atoms with E-state index in [1.807, 2.05) is 0 Å². The highest BCUT2D eigenvalue weighted by atomic mass is 32.2. The van der Waals surface area contributed by atoms with E-state index in [0.29, 0.717) is 11.8 Å². The fraction of sp³-hybridized carbons (Fsp3) is 1.00. The van der Waals surface area contributed by atoms with Crippen LogP contribution in [0.4, 0.5) is 0 Å². The van der Waals surface area contributed by atoms with Crippen molar-refractivity contribution in [3.05, 3.63) is 0 Å². The molecule has 0 unspecified atom stereocenters. The van der Waals surface area contributed by atoms with Gasteiger partial charge in [0.05, 0.1) is 5.75 Å². The van der Waals surface area contributed by atoms with Gasteiger partial charge in [0.15, 0.2) is 0 Å². The smallest absolute Gasteiger partial charge is 0.214 e. The fourth-order valence-corrected chi connectivity index (χ4v) is 4.54. The van der Waals surface area contributed by atoms with E-state index in [-0.39, 0.29) is 0 Å². The Hall–Kier alpha value is -0.130. The lowest BCUT2D eigenvalue weighted by Gasteiger charge is -2.26. The second-order valence-corrected chi connectivity index (χ2v) is 7.65. The zero-order valence-electron chi connectivity index (χ0n) is 11.2. The first-order valence-electron chi connectivity index (χ1n) is 7.40. The maximum atomic E-state index is 12.1. The first-order valence-corrected chi connectivity index (χ1v) is 9.00. The molecule has 0 aromatic heterocycles. The summed E-state index contributed by atoms with van der Waals surface area (Å²) in [5.41, 5.74) is 0. The van der Waals surface area contributed by atoms with E-state index in [0.717, 1.165) is 38.9 Å². The van der Waals surface area contributed by atoms with Gasteiger partial charge in [0, 0.05) is 19.1 Å². The molecule has 1 aliphatic heterocycles. The van der Waals surface area contributed by atoms with Crippen molar-refractivity contribution in [2.45, 2.75) is 57.4 Å². The van der Waals surface area contributed by atoms with Gasteiger partial charge in [0.2, 0.25) is 10.0 Å². The van der Waals surface area contributed by atoms with E-state index >= 15 is 0 Å². The number of hydrogen-bond donors (Lipinski definition) is 1. The molecule has 0 atom stereocenters. The molecule has 2 rings (SSSR count). The molecule has 0 spiro atoms. The predicted molar refractivity (Wildman–Crippen MR) is 74.1 cm³/mol. The van der Waals surface area contributed by atoms with Gasteiger partial charge in [0.25, 0.3) is 0 Å². The second kappa shape index (κ2) is 6.87. The van der Waals surface area contributed by atoms with Crippen LogP contribution in [-0.4, -0.2) is 44.2 Å². The normalized spacial score (nSPS) is 23.6. The Bertz CT molecular complexity index is 331. The van der Waals surface area contributed by atoms with Crippen molar-refractivity contribution in [3.63, 3.8) is 0 Å². The van der Waals surface area contributed by atoms with E-state index in [4.69, 9.17) is 0 Å². The Kier molecular flexibility index (Phi) is 5.45. The second-order valence-electron chi connectivity index (χ2n) is 5.56. The molecule has 4 nitrogen and oxygen atoms in total. The minimum atomic E-state index is -2.99. The summed E-state index contributed by atoms with van der Waals surface area (Å²) in [4.78, 5) is 0. The zero-order chi connectivity index (χ0) is 12.8. The van der Waals surface area contributed by atoms with Gasteiger partial charge in [-0.05, 0) is 38.6 Å². The number of sulfonamides is 1. The maximum Gasteiger partial charge on any atom is 0.214 e. The van der Waals surface area contributed by atoms with E-state index in [1.54, 1.807) is 4.31 Å². The lowest BCUT2D eigenvalue weighted by molar-refractivity contribution is 0.346. The van der Waals surface area contributed by atoms with Crippen LogP contribution in [0.25, 0.3) is 0 Å². The Morgan fingerprint density at radius 2 is 1.67 bits per heavy atom. The monoisotopic (exact) mass is 274 g/mol. The summed E-state index contributed by atoms with van der Waals surface area (Å²) in [7, 11) is -2.99. The van der Waals surface area contributed by atoms with Crippen LogP contribution in [0.15, 0.2) is 0 Å². The molecule has 0 aromatic carbocycles. The molecule has 2 fully saturated rings. The van der Waals surface area contributed by atoms with Crippen LogP contribution in [0.2, 0.25) is 0 Å². The summed E-state index contributed by atoms with van der Waals surface area (Å²) < 4.78 is 25.8. The summed E-state index contributed by atoms with van der Waals surface area (Å²) in [6.45, 7) is 2.31. The number of rotatable bonds is 6. The lowest BCUT2D eigenvalue weighted by atomic mass is 10.2. The average Bonchev–Trinajstić information content (AvgIpc) is 2.89. The molecule has 106 valence electrons. The highest BCUT2D eigenvalue weighted by Crippen LogP contribution is 2.17. The molecule has 2 aliphatic rings. The van der Waals surface area contributed by atoms with Crippen LogP contribution >= 0.6 is 0 Å². The molecule has 1 heterocycles. The van der Waals surface area contributed by atoms with Crippen molar-refractivity contribution in [3.8, 4) is 0 Å². The molecule has 1 saturated carbocycles. The Balaban J connectivity index is 1.64. The summed E-state index contributed by atoms with van der Waals surface area (Å²) in [5.74, 6) is 0.312. The molecule has 5 heteroatoms. The molecule has 1 saturated heterocycles. The Morgan fingerprint density at radius 3 is 2.33 bits per heavy atom. The predicted octanol–water partition coefficient (Wildman–Crippen LogP) is 1.72. The van der Waals surface area contributed by atoms with Gasteiger partial charge < -0.3 is 5.32 Å². The van der Waals surface area contributed by atoms with E-state index in [1.165, 1.54) is 32.1 Å². The quantitative estimate of drug-likeness (QED) is 0.750. The number of nitrogens with zero attached hydrogens (tertiary/aromatic N) is 1. The van der Waals surface area contributed by atoms with E-state index < -0.39 is 10.0 Å².